The molecule has 1 saturated heterocycles. The topological polar surface area (TPSA) is 297 Å². The highest BCUT2D eigenvalue weighted by atomic mass is 32.2. The van der Waals surface area contributed by atoms with E-state index in [1.807, 2.05) is 176 Å². The van der Waals surface area contributed by atoms with Crippen molar-refractivity contribution in [2.24, 2.45) is 5.92 Å². The quantitative estimate of drug-likeness (QED) is 0.0568. The van der Waals surface area contributed by atoms with Gasteiger partial charge < -0.3 is 58.4 Å². The lowest BCUT2D eigenvalue weighted by Gasteiger charge is -2.30. The Labute approximate surface area is 700 Å². The van der Waals surface area contributed by atoms with Crippen LogP contribution in [0.15, 0.2) is 223 Å². The van der Waals surface area contributed by atoms with Crippen molar-refractivity contribution in [2.45, 2.75) is 130 Å². The lowest BCUT2D eigenvalue weighted by Crippen LogP contribution is -2.39. The molecule has 0 radical (unpaired) electrons. The van der Waals surface area contributed by atoms with Gasteiger partial charge in [-0.3, -0.25) is 24.2 Å². The van der Waals surface area contributed by atoms with Crippen LogP contribution >= 0.6 is 0 Å². The number of hydrogen-bond donors (Lipinski definition) is 3. The number of aryl methyl sites for hydroxylation is 1. The van der Waals surface area contributed by atoms with Crippen LogP contribution in [0.1, 0.15) is 128 Å². The molecule has 2 amide bonds. The van der Waals surface area contributed by atoms with E-state index in [4.69, 9.17) is 47.6 Å². The van der Waals surface area contributed by atoms with E-state index in [9.17, 15) is 32.7 Å². The first-order valence-corrected chi connectivity index (χ1v) is 42.6. The molecular weight excluding hydrogens is 1550 g/mol. The second-order valence-electron chi connectivity index (χ2n) is 32.2. The first-order valence-electron chi connectivity index (χ1n) is 41.1. The SMILES string of the molecule is COc1ccccc1-c1ccc(CC(=O)C2(c3ccc4c(c3)OCO4)CC2)nn1.Cc1ccc(-c2cccc(NC(=O)C3(c4ccc5c(c4)OCO5)CC3)n2)cc1.O=C(Cc1cccc(-c2ccc(S(=O)(=O)N3CCC(CO)CC3)cc2)n1)C1(c2ccc3c(c2)OCO3)CC1.O=C(Nc1cccc(C2=CCCC2)n1)C1(c2ccc3c(c2)OCO3)CC1. The maximum atomic E-state index is 13.4. The predicted molar refractivity (Wildman–Crippen MR) is 451 cm³/mol. The Morgan fingerprint density at radius 3 is 1.37 bits per heavy atom. The van der Waals surface area contributed by atoms with Gasteiger partial charge in [0.2, 0.25) is 49.0 Å². The smallest absolute Gasteiger partial charge is 0.243 e. The summed E-state index contributed by atoms with van der Waals surface area (Å²) in [6.07, 6.45) is 14.0. The summed E-state index contributed by atoms with van der Waals surface area (Å²) < 4.78 is 76.5. The second-order valence-corrected chi connectivity index (χ2v) is 34.1. The van der Waals surface area contributed by atoms with Crippen LogP contribution < -0.4 is 53.3 Å². The minimum Gasteiger partial charge on any atom is -0.496 e. The Kier molecular flexibility index (Phi) is 21.9. The molecule has 616 valence electrons. The monoisotopic (exact) mass is 1640 g/mol. The van der Waals surface area contributed by atoms with Crippen molar-refractivity contribution in [3.63, 3.8) is 0 Å². The van der Waals surface area contributed by atoms with E-state index in [-0.39, 0.29) is 80.8 Å². The van der Waals surface area contributed by atoms with Gasteiger partial charge in [-0.25, -0.2) is 18.4 Å². The number of sulfonamides is 1. The van der Waals surface area contributed by atoms with Gasteiger partial charge in [0.15, 0.2) is 46.0 Å². The molecule has 5 aliphatic carbocycles. The first kappa shape index (κ1) is 79.3. The van der Waals surface area contributed by atoms with Crippen molar-refractivity contribution < 1.29 is 75.3 Å². The third-order valence-corrected chi connectivity index (χ3v) is 26.5. The third-order valence-electron chi connectivity index (χ3n) is 24.5. The van der Waals surface area contributed by atoms with Gasteiger partial charge in [-0.1, -0.05) is 103 Å². The molecule has 21 rings (SSSR count). The van der Waals surface area contributed by atoms with Gasteiger partial charge in [0.05, 0.1) is 68.6 Å². The Morgan fingerprint density at radius 2 is 0.909 bits per heavy atom. The highest BCUT2D eigenvalue weighted by Gasteiger charge is 2.55. The van der Waals surface area contributed by atoms with Crippen LogP contribution in [0.2, 0.25) is 0 Å². The number of ether oxygens (including phenoxy) is 9. The molecule has 11 aromatic rings. The van der Waals surface area contributed by atoms with Crippen LogP contribution in [-0.2, 0) is 63.7 Å². The zero-order chi connectivity index (χ0) is 82.9. The maximum absolute atomic E-state index is 13.4. The molecule has 0 bridgehead atoms. The molecule has 4 saturated carbocycles. The lowest BCUT2D eigenvalue weighted by atomic mass is 9.88. The molecule has 0 spiro atoms. The van der Waals surface area contributed by atoms with Crippen LogP contribution in [-0.4, -0.2) is 120 Å². The van der Waals surface area contributed by atoms with Gasteiger partial charge in [-0.05, 0) is 245 Å². The van der Waals surface area contributed by atoms with E-state index < -0.39 is 31.7 Å². The molecule has 5 fully saturated rings. The molecule has 10 aliphatic rings. The van der Waals surface area contributed by atoms with Crippen LogP contribution in [0.4, 0.5) is 11.6 Å². The number of benzene rings is 7. The van der Waals surface area contributed by atoms with Gasteiger partial charge >= 0.3 is 0 Å². The number of aliphatic hydroxyl groups is 1. The summed E-state index contributed by atoms with van der Waals surface area (Å²) in [7, 11) is -1.96. The van der Waals surface area contributed by atoms with Crippen molar-refractivity contribution in [1.82, 2.24) is 29.5 Å². The molecule has 3 N–H and O–H groups in total. The summed E-state index contributed by atoms with van der Waals surface area (Å²) in [5.74, 6) is 8.08. The van der Waals surface area contributed by atoms with Gasteiger partial charge in [0.1, 0.15) is 29.0 Å². The third kappa shape index (κ3) is 16.6. The van der Waals surface area contributed by atoms with Crippen LogP contribution in [0.25, 0.3) is 39.3 Å². The summed E-state index contributed by atoms with van der Waals surface area (Å²) in [4.78, 5) is 66.8. The van der Waals surface area contributed by atoms with Crippen LogP contribution in [0.3, 0.4) is 0 Å². The van der Waals surface area contributed by atoms with Crippen molar-refractivity contribution in [3.05, 3.63) is 263 Å². The number of piperidine rings is 1. The van der Waals surface area contributed by atoms with E-state index in [1.54, 1.807) is 31.4 Å². The summed E-state index contributed by atoms with van der Waals surface area (Å²) in [5.41, 5.74) is 11.7. The molecule has 7 aromatic carbocycles. The van der Waals surface area contributed by atoms with E-state index in [0.717, 1.165) is 149 Å². The van der Waals surface area contributed by atoms with E-state index >= 15 is 0 Å². The zero-order valence-electron chi connectivity index (χ0n) is 67.1. The molecule has 0 unspecified atom stereocenters. The average molecular weight is 1640 g/mol. The number of carbonyl (C=O) groups is 4. The Bertz CT molecular complexity index is 5940. The number of fused-ring (bicyclic) bond motifs is 4. The van der Waals surface area contributed by atoms with E-state index in [2.05, 4.69) is 55.9 Å². The van der Waals surface area contributed by atoms with E-state index in [0.29, 0.717) is 77.6 Å². The van der Waals surface area contributed by atoms with Crippen molar-refractivity contribution in [3.8, 4) is 85.5 Å². The number of aliphatic hydroxyl groups excluding tert-OH is 1. The van der Waals surface area contributed by atoms with Crippen molar-refractivity contribution in [2.75, 3.05) is 64.6 Å². The molecule has 121 heavy (non-hydrogen) atoms. The molecule has 4 aromatic heterocycles. The number of methoxy groups -OCH3 is 1. The molecule has 25 heteroatoms. The van der Waals surface area contributed by atoms with Gasteiger partial charge in [0, 0.05) is 48.5 Å². The number of nitrogens with zero attached hydrogens (tertiary/aromatic N) is 6. The van der Waals surface area contributed by atoms with Gasteiger partial charge in [0.25, 0.3) is 0 Å². The molecule has 0 atom stereocenters. The standard InChI is InChI=1S/C29H30N2O6S.C23H20N2O4.C23H20N2O3.C21H20N2O3/c32-18-20-10-14-31(15-11-20)38(34,35)24-7-4-21(5-8-24)25-3-1-2-23(30-25)17-28(33)29(12-13-29)22-6-9-26-27(16-22)37-19-36-26;1-27-19-5-3-2-4-17(19)18-8-7-16(24-25-18)13-22(26)23(10-11-23)15-6-9-20-21(12-15)29-14-28-20;1-15-5-7-16(8-6-15)18-3-2-4-21(24-18)25-22(26)23(11-12-23)17-9-10-19-20(13-17)28-14-27-19;24-20(23-19-7-3-6-16(22-19)14-4-1-2-5-14)21(10-11-21)15-8-9-17-18(12-15)26-13-25-17/h1-9,16,20,32H,10-15,17-19H2;2-9,12H,10-11,13-14H2,1H3;2-10,13H,11-12,14H2,1H3,(H,24,25,26);3-4,6-9,12H,1-2,5,10-11,13H2,(H,22,23,24). The van der Waals surface area contributed by atoms with Crippen molar-refractivity contribution in [1.29, 1.82) is 0 Å². The van der Waals surface area contributed by atoms with Gasteiger partial charge in [-0.2, -0.15) is 14.5 Å². The van der Waals surface area contributed by atoms with Gasteiger partial charge in [-0.15, -0.1) is 0 Å². The summed E-state index contributed by atoms with van der Waals surface area (Å²) in [5, 5.41) is 24.0. The lowest BCUT2D eigenvalue weighted by molar-refractivity contribution is -0.121. The minimum absolute atomic E-state index is 0.00131. The fourth-order valence-corrected chi connectivity index (χ4v) is 18.1. The number of rotatable bonds is 22. The predicted octanol–water partition coefficient (Wildman–Crippen LogP) is 15.9. The highest BCUT2D eigenvalue weighted by molar-refractivity contribution is 7.89. The first-order chi connectivity index (χ1) is 59.0. The number of Topliss-reactive ketones (excluding diaryl/α,β-unsaturated/α-hetero) is 2. The number of nitrogens with one attached hydrogen (secondary N) is 2. The van der Waals surface area contributed by atoms with E-state index in [1.165, 1.54) is 21.9 Å². The normalized spacial score (nSPS) is 17.5. The number of carbonyl (C=O) groups excluding carboxylic acids is 4. The number of anilines is 2. The molecule has 9 heterocycles. The largest absolute Gasteiger partial charge is 0.496 e. The van der Waals surface area contributed by atoms with Crippen LogP contribution in [0.5, 0.6) is 51.7 Å². The molecular formula is C96H90N8O16S. The molecule has 5 aliphatic heterocycles. The fraction of sp³-hybridized carbons (Fsp3) is 0.302. The number of aromatic nitrogens is 5. The number of allylic oxidation sites excluding steroid dienone is 2. The summed E-state index contributed by atoms with van der Waals surface area (Å²) in [6.45, 7) is 3.89. The molecule has 24 nitrogen and oxygen atoms in total. The number of para-hydroxylation sites is 1. The highest BCUT2D eigenvalue weighted by Crippen LogP contribution is 2.55. The Morgan fingerprint density at radius 1 is 0.463 bits per heavy atom. The summed E-state index contributed by atoms with van der Waals surface area (Å²) >= 11 is 0. The maximum Gasteiger partial charge on any atom is 0.243 e. The van der Waals surface area contributed by atoms with Crippen LogP contribution in [0, 0.1) is 12.8 Å². The number of amides is 2. The number of pyridine rings is 3. The van der Waals surface area contributed by atoms with Crippen molar-refractivity contribution >= 4 is 50.6 Å². The summed E-state index contributed by atoms with van der Waals surface area (Å²) in [6, 6.07) is 66.5. The zero-order valence-corrected chi connectivity index (χ0v) is 67.9. The Balaban J connectivity index is 0.000000112. The number of ketones is 2. The second kappa shape index (κ2) is 33.4. The minimum atomic E-state index is -3.59. The average Bonchev–Trinajstić information content (AvgIpc) is 1.61. The number of hydrogen-bond acceptors (Lipinski definition) is 21. The Hall–Kier alpha value is -12.8. The fourth-order valence-electron chi connectivity index (χ4n) is 16.6.